The molecule has 0 fully saturated rings. The Bertz CT molecular complexity index is 315. The molecule has 0 aromatic heterocycles. The minimum Gasteiger partial charge on any atom is -0.342 e. The van der Waals surface area contributed by atoms with Crippen LogP contribution in [0.1, 0.15) is 84.5 Å². The Kier molecular flexibility index (Phi) is 11.0. The Morgan fingerprint density at radius 3 is 2.27 bits per heavy atom. The van der Waals surface area contributed by atoms with Crippen molar-refractivity contribution in [1.29, 1.82) is 0 Å². The average Bonchev–Trinajstić information content (AvgIpc) is 2.52. The average molecular weight is 309 g/mol. The summed E-state index contributed by atoms with van der Waals surface area (Å²) in [4.78, 5) is 18.6. The van der Waals surface area contributed by atoms with Gasteiger partial charge in [-0.3, -0.25) is 9.79 Å². The second-order valence-corrected chi connectivity index (χ2v) is 6.70. The summed E-state index contributed by atoms with van der Waals surface area (Å²) in [5.74, 6) is 0.225. The molecule has 0 bridgehead atoms. The summed E-state index contributed by atoms with van der Waals surface area (Å²) >= 11 is 0. The van der Waals surface area contributed by atoms with Crippen LogP contribution in [-0.4, -0.2) is 36.7 Å². The van der Waals surface area contributed by atoms with Gasteiger partial charge in [0.1, 0.15) is 0 Å². The number of aliphatic imine (C=N–C) groups is 1. The van der Waals surface area contributed by atoms with Crippen LogP contribution in [0, 0.1) is 5.92 Å². The molecule has 22 heavy (non-hydrogen) atoms. The van der Waals surface area contributed by atoms with Crippen molar-refractivity contribution in [2.24, 2.45) is 10.9 Å². The SMILES string of the molecule is CCCCCCCCCCCCN1CCCN=CC(C)C1=O. The third-order valence-corrected chi connectivity index (χ3v) is 4.53. The van der Waals surface area contributed by atoms with Crippen molar-refractivity contribution in [2.75, 3.05) is 19.6 Å². The Hall–Kier alpha value is -0.860. The van der Waals surface area contributed by atoms with Crippen molar-refractivity contribution < 1.29 is 4.79 Å². The second kappa shape index (κ2) is 12.7. The molecule has 3 nitrogen and oxygen atoms in total. The van der Waals surface area contributed by atoms with Gasteiger partial charge in [0, 0.05) is 25.8 Å². The van der Waals surface area contributed by atoms with E-state index in [9.17, 15) is 4.79 Å². The highest BCUT2D eigenvalue weighted by molar-refractivity contribution is 5.93. The van der Waals surface area contributed by atoms with Gasteiger partial charge in [0.2, 0.25) is 5.91 Å². The van der Waals surface area contributed by atoms with Crippen LogP contribution in [0.4, 0.5) is 0 Å². The molecule has 1 aliphatic heterocycles. The molecule has 0 N–H and O–H groups in total. The third-order valence-electron chi connectivity index (χ3n) is 4.53. The summed E-state index contributed by atoms with van der Waals surface area (Å²) in [6.07, 6.45) is 16.3. The van der Waals surface area contributed by atoms with Gasteiger partial charge in [-0.15, -0.1) is 0 Å². The molecule has 1 rings (SSSR count). The lowest BCUT2D eigenvalue weighted by Crippen LogP contribution is -2.38. The molecule has 0 aliphatic carbocycles. The summed E-state index contributed by atoms with van der Waals surface area (Å²) in [7, 11) is 0. The van der Waals surface area contributed by atoms with Crippen LogP contribution < -0.4 is 0 Å². The quantitative estimate of drug-likeness (QED) is 0.502. The molecule has 128 valence electrons. The van der Waals surface area contributed by atoms with Gasteiger partial charge in [-0.25, -0.2) is 0 Å². The number of nitrogens with zero attached hydrogens (tertiary/aromatic N) is 2. The molecule has 1 aliphatic rings. The molecule has 0 aromatic carbocycles. The zero-order valence-corrected chi connectivity index (χ0v) is 14.9. The first kappa shape index (κ1) is 19.2. The number of carbonyl (C=O) groups is 1. The van der Waals surface area contributed by atoms with Crippen molar-refractivity contribution in [2.45, 2.75) is 84.5 Å². The highest BCUT2D eigenvalue weighted by atomic mass is 16.2. The molecule has 0 saturated carbocycles. The van der Waals surface area contributed by atoms with E-state index in [2.05, 4.69) is 16.8 Å². The summed E-state index contributed by atoms with van der Waals surface area (Å²) in [5, 5.41) is 0. The molecule has 1 unspecified atom stereocenters. The van der Waals surface area contributed by atoms with Crippen molar-refractivity contribution >= 4 is 12.1 Å². The van der Waals surface area contributed by atoms with Gasteiger partial charge >= 0.3 is 0 Å². The van der Waals surface area contributed by atoms with E-state index in [1.165, 1.54) is 57.8 Å². The number of hydrogen-bond acceptors (Lipinski definition) is 2. The maximum Gasteiger partial charge on any atom is 0.230 e. The van der Waals surface area contributed by atoms with Crippen molar-refractivity contribution in [1.82, 2.24) is 4.90 Å². The lowest BCUT2D eigenvalue weighted by Gasteiger charge is -2.25. The largest absolute Gasteiger partial charge is 0.342 e. The number of unbranched alkanes of at least 4 members (excludes halogenated alkanes) is 9. The topological polar surface area (TPSA) is 32.7 Å². The van der Waals surface area contributed by atoms with Crippen molar-refractivity contribution in [3.63, 3.8) is 0 Å². The molecule has 0 saturated heterocycles. The normalized spacial score (nSPS) is 19.3. The van der Waals surface area contributed by atoms with E-state index in [1.54, 1.807) is 0 Å². The highest BCUT2D eigenvalue weighted by Crippen LogP contribution is 2.12. The summed E-state index contributed by atoms with van der Waals surface area (Å²) in [6.45, 7) is 6.92. The number of hydrogen-bond donors (Lipinski definition) is 0. The van der Waals surface area contributed by atoms with Crippen LogP contribution in [-0.2, 0) is 4.79 Å². The van der Waals surface area contributed by atoms with E-state index in [0.29, 0.717) is 0 Å². The number of amides is 1. The Morgan fingerprint density at radius 2 is 1.64 bits per heavy atom. The molecule has 1 amide bonds. The lowest BCUT2D eigenvalue weighted by molar-refractivity contribution is -0.133. The molecule has 1 atom stereocenters. The van der Waals surface area contributed by atoms with E-state index in [1.807, 2.05) is 13.1 Å². The smallest absolute Gasteiger partial charge is 0.230 e. The molecule has 0 aromatic rings. The van der Waals surface area contributed by atoms with E-state index < -0.39 is 0 Å². The molecule has 0 spiro atoms. The zero-order valence-electron chi connectivity index (χ0n) is 14.9. The first-order valence-corrected chi connectivity index (χ1v) is 9.54. The van der Waals surface area contributed by atoms with Gasteiger partial charge in [0.25, 0.3) is 0 Å². The van der Waals surface area contributed by atoms with Gasteiger partial charge < -0.3 is 4.90 Å². The van der Waals surface area contributed by atoms with Gasteiger partial charge in [0.15, 0.2) is 0 Å². The van der Waals surface area contributed by atoms with Gasteiger partial charge in [-0.1, -0.05) is 64.7 Å². The Labute approximate surface area is 137 Å². The van der Waals surface area contributed by atoms with Crippen molar-refractivity contribution in [3.8, 4) is 0 Å². The predicted octanol–water partition coefficient (Wildman–Crippen LogP) is 4.85. The highest BCUT2D eigenvalue weighted by Gasteiger charge is 2.19. The number of carbonyl (C=O) groups excluding carboxylic acids is 1. The summed E-state index contributed by atoms with van der Waals surface area (Å²) in [5.41, 5.74) is 0. The van der Waals surface area contributed by atoms with Gasteiger partial charge in [0.05, 0.1) is 5.92 Å². The van der Waals surface area contributed by atoms with Crippen LogP contribution in [0.2, 0.25) is 0 Å². The summed E-state index contributed by atoms with van der Waals surface area (Å²) < 4.78 is 0. The maximum absolute atomic E-state index is 12.2. The van der Waals surface area contributed by atoms with E-state index >= 15 is 0 Å². The fourth-order valence-electron chi connectivity index (χ4n) is 3.06. The first-order valence-electron chi connectivity index (χ1n) is 9.54. The van der Waals surface area contributed by atoms with Crippen molar-refractivity contribution in [3.05, 3.63) is 0 Å². The van der Waals surface area contributed by atoms with Crippen LogP contribution >= 0.6 is 0 Å². The van der Waals surface area contributed by atoms with Crippen LogP contribution in [0.15, 0.2) is 4.99 Å². The zero-order chi connectivity index (χ0) is 16.0. The minimum absolute atomic E-state index is 0.0385. The number of rotatable bonds is 11. The molecular weight excluding hydrogens is 272 g/mol. The first-order chi connectivity index (χ1) is 10.8. The van der Waals surface area contributed by atoms with Gasteiger partial charge in [-0.05, 0) is 19.8 Å². The standard InChI is InChI=1S/C19H36N2O/c1-3-4-5-6-7-8-9-10-11-12-15-21-16-13-14-20-17-18(2)19(21)22/h17-18H,3-16H2,1-2H3. The van der Waals surface area contributed by atoms with Crippen LogP contribution in [0.3, 0.4) is 0 Å². The lowest BCUT2D eigenvalue weighted by atomic mass is 10.1. The summed E-state index contributed by atoms with van der Waals surface area (Å²) in [6, 6.07) is 0. The van der Waals surface area contributed by atoms with E-state index in [-0.39, 0.29) is 11.8 Å². The monoisotopic (exact) mass is 308 g/mol. The van der Waals surface area contributed by atoms with E-state index in [4.69, 9.17) is 0 Å². The maximum atomic E-state index is 12.2. The predicted molar refractivity (Wildman–Crippen MR) is 95.6 cm³/mol. The van der Waals surface area contributed by atoms with E-state index in [0.717, 1.165) is 32.5 Å². The third kappa shape index (κ3) is 8.55. The molecule has 3 heteroatoms. The molecule has 0 radical (unpaired) electrons. The second-order valence-electron chi connectivity index (χ2n) is 6.70. The van der Waals surface area contributed by atoms with Crippen LogP contribution in [0.5, 0.6) is 0 Å². The van der Waals surface area contributed by atoms with Crippen LogP contribution in [0.25, 0.3) is 0 Å². The fraction of sp³-hybridized carbons (Fsp3) is 0.895. The molecule has 1 heterocycles. The Balaban J connectivity index is 2.01. The fourth-order valence-corrected chi connectivity index (χ4v) is 3.06. The minimum atomic E-state index is -0.0385. The Morgan fingerprint density at radius 1 is 1.05 bits per heavy atom. The molecular formula is C19H36N2O. The van der Waals surface area contributed by atoms with Gasteiger partial charge in [-0.2, -0.15) is 0 Å².